The molecule has 3 rings (SSSR count). The minimum absolute atomic E-state index is 0.238. The molecule has 0 atom stereocenters. The van der Waals surface area contributed by atoms with Crippen LogP contribution in [-0.4, -0.2) is 40.3 Å². The first-order valence-corrected chi connectivity index (χ1v) is 8.56. The van der Waals surface area contributed by atoms with Crippen molar-refractivity contribution in [2.45, 2.75) is 33.4 Å². The third-order valence-electron chi connectivity index (χ3n) is 4.46. The number of benzene rings is 1. The summed E-state index contributed by atoms with van der Waals surface area (Å²) in [6.07, 6.45) is 4.19. The SMILES string of the molecule is Cc1cc(C)cc(CN2CCC(=O)N(Cc3cccnc3)CC2)c1. The van der Waals surface area contributed by atoms with Crippen molar-refractivity contribution in [1.82, 2.24) is 14.8 Å². The molecule has 0 unspecified atom stereocenters. The van der Waals surface area contributed by atoms with Gasteiger partial charge in [0, 0.05) is 51.5 Å². The average molecular weight is 323 g/mol. The number of nitrogens with zero attached hydrogens (tertiary/aromatic N) is 3. The first kappa shape index (κ1) is 16.7. The second-order valence-electron chi connectivity index (χ2n) is 6.70. The van der Waals surface area contributed by atoms with Gasteiger partial charge in [0.1, 0.15) is 0 Å². The summed E-state index contributed by atoms with van der Waals surface area (Å²) in [5.41, 5.74) is 5.03. The fourth-order valence-corrected chi connectivity index (χ4v) is 3.37. The topological polar surface area (TPSA) is 36.4 Å². The van der Waals surface area contributed by atoms with Gasteiger partial charge in [0.25, 0.3) is 0 Å². The Morgan fingerprint density at radius 2 is 1.79 bits per heavy atom. The van der Waals surface area contributed by atoms with Crippen molar-refractivity contribution in [1.29, 1.82) is 0 Å². The maximum absolute atomic E-state index is 12.4. The number of hydrogen-bond donors (Lipinski definition) is 0. The predicted octanol–water partition coefficient (Wildman–Crippen LogP) is 2.93. The fraction of sp³-hybridized carbons (Fsp3) is 0.400. The number of aromatic nitrogens is 1. The zero-order valence-corrected chi connectivity index (χ0v) is 14.5. The van der Waals surface area contributed by atoms with Crippen LogP contribution in [0.5, 0.6) is 0 Å². The first-order chi connectivity index (χ1) is 11.6. The molecule has 24 heavy (non-hydrogen) atoms. The highest BCUT2D eigenvalue weighted by Gasteiger charge is 2.21. The molecule has 1 fully saturated rings. The molecule has 2 heterocycles. The lowest BCUT2D eigenvalue weighted by molar-refractivity contribution is -0.130. The van der Waals surface area contributed by atoms with Gasteiger partial charge in [0.05, 0.1) is 0 Å². The minimum atomic E-state index is 0.238. The van der Waals surface area contributed by atoms with E-state index in [4.69, 9.17) is 0 Å². The maximum Gasteiger partial charge on any atom is 0.224 e. The Hall–Kier alpha value is -2.20. The van der Waals surface area contributed by atoms with Crippen molar-refractivity contribution in [3.05, 3.63) is 65.0 Å². The van der Waals surface area contributed by atoms with E-state index in [9.17, 15) is 4.79 Å². The second-order valence-corrected chi connectivity index (χ2v) is 6.70. The van der Waals surface area contributed by atoms with Crippen LogP contribution in [0.3, 0.4) is 0 Å². The van der Waals surface area contributed by atoms with Crippen molar-refractivity contribution in [3.8, 4) is 0 Å². The van der Waals surface area contributed by atoms with Crippen LogP contribution in [0.15, 0.2) is 42.7 Å². The summed E-state index contributed by atoms with van der Waals surface area (Å²) >= 11 is 0. The lowest BCUT2D eigenvalue weighted by Crippen LogP contribution is -2.32. The zero-order chi connectivity index (χ0) is 16.9. The van der Waals surface area contributed by atoms with Gasteiger partial charge in [-0.1, -0.05) is 35.4 Å². The molecule has 0 saturated carbocycles. The summed E-state index contributed by atoms with van der Waals surface area (Å²) in [7, 11) is 0. The van der Waals surface area contributed by atoms with E-state index < -0.39 is 0 Å². The van der Waals surface area contributed by atoms with Crippen molar-refractivity contribution < 1.29 is 4.79 Å². The van der Waals surface area contributed by atoms with E-state index in [1.165, 1.54) is 16.7 Å². The zero-order valence-electron chi connectivity index (χ0n) is 14.5. The average Bonchev–Trinajstić information content (AvgIpc) is 2.71. The number of aryl methyl sites for hydroxylation is 2. The molecule has 2 aromatic rings. The number of carbonyl (C=O) groups is 1. The summed E-state index contributed by atoms with van der Waals surface area (Å²) in [5, 5.41) is 0. The highest BCUT2D eigenvalue weighted by molar-refractivity contribution is 5.76. The lowest BCUT2D eigenvalue weighted by atomic mass is 10.1. The molecule has 126 valence electrons. The molecule has 1 saturated heterocycles. The van der Waals surface area contributed by atoms with Crippen LogP contribution < -0.4 is 0 Å². The largest absolute Gasteiger partial charge is 0.337 e. The van der Waals surface area contributed by atoms with Crippen molar-refractivity contribution in [3.63, 3.8) is 0 Å². The number of amides is 1. The standard InChI is InChI=1S/C20H25N3O/c1-16-10-17(2)12-19(11-16)14-22-7-5-20(24)23(9-8-22)15-18-4-3-6-21-13-18/h3-4,6,10-13H,5,7-9,14-15H2,1-2H3. The van der Waals surface area contributed by atoms with E-state index >= 15 is 0 Å². The minimum Gasteiger partial charge on any atom is -0.337 e. The van der Waals surface area contributed by atoms with E-state index in [1.807, 2.05) is 23.2 Å². The van der Waals surface area contributed by atoms with Gasteiger partial charge in [0.2, 0.25) is 5.91 Å². The summed E-state index contributed by atoms with van der Waals surface area (Å²) in [4.78, 5) is 20.9. The summed E-state index contributed by atoms with van der Waals surface area (Å²) in [5.74, 6) is 0.238. The molecule has 1 aliphatic heterocycles. The Balaban J connectivity index is 1.62. The molecule has 0 aliphatic carbocycles. The van der Waals surface area contributed by atoms with E-state index in [0.29, 0.717) is 13.0 Å². The first-order valence-electron chi connectivity index (χ1n) is 8.56. The molecule has 0 spiro atoms. The fourth-order valence-electron chi connectivity index (χ4n) is 3.37. The van der Waals surface area contributed by atoms with Gasteiger partial charge in [-0.05, 0) is 31.0 Å². The molecule has 1 aromatic carbocycles. The van der Waals surface area contributed by atoms with Gasteiger partial charge in [-0.25, -0.2) is 0 Å². The Kier molecular flexibility index (Phi) is 5.26. The van der Waals surface area contributed by atoms with Gasteiger partial charge in [0.15, 0.2) is 0 Å². The lowest BCUT2D eigenvalue weighted by Gasteiger charge is -2.22. The van der Waals surface area contributed by atoms with Crippen LogP contribution in [0.2, 0.25) is 0 Å². The van der Waals surface area contributed by atoms with Crippen molar-refractivity contribution in [2.75, 3.05) is 19.6 Å². The van der Waals surface area contributed by atoms with Gasteiger partial charge >= 0.3 is 0 Å². The molecule has 0 bridgehead atoms. The molecule has 0 N–H and O–H groups in total. The highest BCUT2D eigenvalue weighted by atomic mass is 16.2. The van der Waals surface area contributed by atoms with Gasteiger partial charge in [-0.15, -0.1) is 0 Å². The van der Waals surface area contributed by atoms with Crippen LogP contribution in [0.25, 0.3) is 0 Å². The van der Waals surface area contributed by atoms with E-state index in [-0.39, 0.29) is 5.91 Å². The third kappa shape index (κ3) is 4.42. The summed E-state index contributed by atoms with van der Waals surface area (Å²) in [6, 6.07) is 10.6. The molecule has 1 aromatic heterocycles. The molecule has 1 amide bonds. The van der Waals surface area contributed by atoms with Crippen LogP contribution in [0, 0.1) is 13.8 Å². The maximum atomic E-state index is 12.4. The van der Waals surface area contributed by atoms with Gasteiger partial charge < -0.3 is 4.90 Å². The monoisotopic (exact) mass is 323 g/mol. The smallest absolute Gasteiger partial charge is 0.224 e. The van der Waals surface area contributed by atoms with E-state index in [1.54, 1.807) is 6.20 Å². The summed E-state index contributed by atoms with van der Waals surface area (Å²) in [6.45, 7) is 8.36. The third-order valence-corrected chi connectivity index (χ3v) is 4.46. The Bertz CT molecular complexity index is 679. The van der Waals surface area contributed by atoms with Crippen LogP contribution in [0.1, 0.15) is 28.7 Å². The second kappa shape index (κ2) is 7.58. The van der Waals surface area contributed by atoms with Crippen molar-refractivity contribution >= 4 is 5.91 Å². The normalized spacial score (nSPS) is 16.2. The molecular weight excluding hydrogens is 298 g/mol. The van der Waals surface area contributed by atoms with Crippen LogP contribution in [0.4, 0.5) is 0 Å². The highest BCUT2D eigenvalue weighted by Crippen LogP contribution is 2.15. The van der Waals surface area contributed by atoms with E-state index in [2.05, 4.69) is 41.9 Å². The number of rotatable bonds is 4. The molecule has 4 heteroatoms. The number of hydrogen-bond acceptors (Lipinski definition) is 3. The summed E-state index contributed by atoms with van der Waals surface area (Å²) < 4.78 is 0. The number of carbonyl (C=O) groups excluding carboxylic acids is 1. The molecule has 1 aliphatic rings. The Labute approximate surface area is 144 Å². The van der Waals surface area contributed by atoms with Gasteiger partial charge in [-0.3, -0.25) is 14.7 Å². The predicted molar refractivity (Wildman–Crippen MR) is 95.5 cm³/mol. The Morgan fingerprint density at radius 3 is 2.50 bits per heavy atom. The molecule has 0 radical (unpaired) electrons. The molecular formula is C20H25N3O. The quantitative estimate of drug-likeness (QED) is 0.868. The molecule has 4 nitrogen and oxygen atoms in total. The van der Waals surface area contributed by atoms with Gasteiger partial charge in [-0.2, -0.15) is 0 Å². The van der Waals surface area contributed by atoms with Crippen LogP contribution >= 0.6 is 0 Å². The Morgan fingerprint density at radius 1 is 1.00 bits per heavy atom. The number of pyridine rings is 1. The van der Waals surface area contributed by atoms with Crippen LogP contribution in [-0.2, 0) is 17.9 Å². The van der Waals surface area contributed by atoms with Crippen molar-refractivity contribution in [2.24, 2.45) is 0 Å². The van der Waals surface area contributed by atoms with E-state index in [0.717, 1.165) is 31.7 Å².